The highest BCUT2D eigenvalue weighted by molar-refractivity contribution is 7.99. The fourth-order valence-electron chi connectivity index (χ4n) is 1.90. The first kappa shape index (κ1) is 18.8. The number of rotatable bonds is 9. The third-order valence-corrected chi connectivity index (χ3v) is 4.08. The lowest BCUT2D eigenvalue weighted by Crippen LogP contribution is -2.20. The maximum absolute atomic E-state index is 12.8. The molecule has 0 aliphatic heterocycles. The van der Waals surface area contributed by atoms with Crippen LogP contribution in [0.2, 0.25) is 0 Å². The van der Waals surface area contributed by atoms with Crippen molar-refractivity contribution in [2.45, 2.75) is 17.9 Å². The highest BCUT2D eigenvalue weighted by Gasteiger charge is 2.06. The van der Waals surface area contributed by atoms with Gasteiger partial charge in [-0.15, -0.1) is 11.8 Å². The molecule has 2 aromatic rings. The van der Waals surface area contributed by atoms with E-state index in [9.17, 15) is 14.0 Å². The molecular formula is C18H18FNO4S. The fourth-order valence-corrected chi connectivity index (χ4v) is 2.73. The van der Waals surface area contributed by atoms with Crippen molar-refractivity contribution in [2.24, 2.45) is 5.73 Å². The lowest BCUT2D eigenvalue weighted by atomic mass is 10.2. The molecule has 0 atom stereocenters. The Kier molecular flexibility index (Phi) is 7.28. The first-order chi connectivity index (χ1) is 12.0. The first-order valence-corrected chi connectivity index (χ1v) is 8.55. The SMILES string of the molecule is NC(=O)COc1cccc(COC(=O)CCSc2ccc(F)cc2)c1. The van der Waals surface area contributed by atoms with Crippen LogP contribution in [0.4, 0.5) is 4.39 Å². The van der Waals surface area contributed by atoms with Gasteiger partial charge in [-0.25, -0.2) is 4.39 Å². The van der Waals surface area contributed by atoms with Gasteiger partial charge in [0.15, 0.2) is 6.61 Å². The molecule has 2 N–H and O–H groups in total. The zero-order valence-corrected chi connectivity index (χ0v) is 14.3. The Bertz CT molecular complexity index is 721. The van der Waals surface area contributed by atoms with Crippen molar-refractivity contribution in [3.8, 4) is 5.75 Å². The van der Waals surface area contributed by atoms with Crippen molar-refractivity contribution in [3.63, 3.8) is 0 Å². The second-order valence-corrected chi connectivity index (χ2v) is 6.28. The second kappa shape index (κ2) is 9.68. The van der Waals surface area contributed by atoms with Gasteiger partial charge in [0.1, 0.15) is 18.2 Å². The largest absolute Gasteiger partial charge is 0.484 e. The van der Waals surface area contributed by atoms with E-state index < -0.39 is 5.91 Å². The van der Waals surface area contributed by atoms with Crippen LogP contribution in [0.15, 0.2) is 53.4 Å². The van der Waals surface area contributed by atoms with Crippen molar-refractivity contribution in [3.05, 3.63) is 59.9 Å². The molecule has 132 valence electrons. The van der Waals surface area contributed by atoms with Crippen molar-refractivity contribution < 1.29 is 23.5 Å². The Balaban J connectivity index is 1.71. The van der Waals surface area contributed by atoms with E-state index in [1.807, 2.05) is 0 Å². The van der Waals surface area contributed by atoms with Gasteiger partial charge in [0, 0.05) is 10.6 Å². The number of nitrogens with two attached hydrogens (primary N) is 1. The molecule has 7 heteroatoms. The van der Waals surface area contributed by atoms with Gasteiger partial charge in [-0.1, -0.05) is 12.1 Å². The number of halogens is 1. The molecule has 2 rings (SSSR count). The van der Waals surface area contributed by atoms with Crippen LogP contribution in [0.1, 0.15) is 12.0 Å². The normalized spacial score (nSPS) is 10.3. The van der Waals surface area contributed by atoms with Crippen molar-refractivity contribution in [1.29, 1.82) is 0 Å². The van der Waals surface area contributed by atoms with Crippen molar-refractivity contribution in [2.75, 3.05) is 12.4 Å². The van der Waals surface area contributed by atoms with E-state index >= 15 is 0 Å². The summed E-state index contributed by atoms with van der Waals surface area (Å²) in [6.07, 6.45) is 0.250. The van der Waals surface area contributed by atoms with E-state index in [2.05, 4.69) is 0 Å². The summed E-state index contributed by atoms with van der Waals surface area (Å²) in [5.74, 6) is -0.134. The highest BCUT2D eigenvalue weighted by Crippen LogP contribution is 2.19. The minimum Gasteiger partial charge on any atom is -0.484 e. The molecule has 5 nitrogen and oxygen atoms in total. The van der Waals surface area contributed by atoms with E-state index in [0.29, 0.717) is 11.5 Å². The van der Waals surface area contributed by atoms with Crippen molar-refractivity contribution in [1.82, 2.24) is 0 Å². The summed E-state index contributed by atoms with van der Waals surface area (Å²) in [4.78, 5) is 23.4. The molecule has 0 saturated heterocycles. The summed E-state index contributed by atoms with van der Waals surface area (Å²) in [5, 5.41) is 0. The molecule has 1 amide bonds. The number of hydrogen-bond donors (Lipinski definition) is 1. The Morgan fingerprint density at radius 3 is 2.60 bits per heavy atom. The third-order valence-electron chi connectivity index (χ3n) is 3.07. The number of primary amides is 1. The molecule has 25 heavy (non-hydrogen) atoms. The Morgan fingerprint density at radius 2 is 1.88 bits per heavy atom. The molecule has 0 fully saturated rings. The van der Waals surface area contributed by atoms with Gasteiger partial charge in [-0.2, -0.15) is 0 Å². The molecule has 0 aromatic heterocycles. The average Bonchev–Trinajstić information content (AvgIpc) is 2.60. The van der Waals surface area contributed by atoms with Gasteiger partial charge in [0.2, 0.25) is 0 Å². The van der Waals surface area contributed by atoms with Crippen LogP contribution in [0, 0.1) is 5.82 Å². The standard InChI is InChI=1S/C18H18FNO4S/c19-14-4-6-16(7-5-14)25-9-8-18(22)24-11-13-2-1-3-15(10-13)23-12-17(20)21/h1-7,10H,8-9,11-12H2,(H2,20,21). The van der Waals surface area contributed by atoms with Gasteiger partial charge in [0.25, 0.3) is 5.91 Å². The number of ether oxygens (including phenoxy) is 2. The predicted molar refractivity (Wildman–Crippen MR) is 92.7 cm³/mol. The predicted octanol–water partition coefficient (Wildman–Crippen LogP) is 2.92. The van der Waals surface area contributed by atoms with Crippen LogP contribution in [0.3, 0.4) is 0 Å². The molecule has 2 aromatic carbocycles. The lowest BCUT2D eigenvalue weighted by molar-refractivity contribution is -0.144. The number of carbonyl (C=O) groups excluding carboxylic acids is 2. The Morgan fingerprint density at radius 1 is 1.12 bits per heavy atom. The van der Waals surface area contributed by atoms with E-state index in [-0.39, 0.29) is 31.4 Å². The molecule has 0 unspecified atom stereocenters. The van der Waals surface area contributed by atoms with Crippen LogP contribution in [-0.2, 0) is 20.9 Å². The molecule has 0 radical (unpaired) electrons. The maximum Gasteiger partial charge on any atom is 0.306 e. The monoisotopic (exact) mass is 363 g/mol. The van der Waals surface area contributed by atoms with Crippen LogP contribution in [-0.4, -0.2) is 24.2 Å². The van der Waals surface area contributed by atoms with Gasteiger partial charge >= 0.3 is 5.97 Å². The maximum atomic E-state index is 12.8. The van der Waals surface area contributed by atoms with Crippen LogP contribution in [0.5, 0.6) is 5.75 Å². The van der Waals surface area contributed by atoms with Crippen LogP contribution >= 0.6 is 11.8 Å². The zero-order valence-electron chi connectivity index (χ0n) is 13.4. The minimum absolute atomic E-state index is 0.119. The minimum atomic E-state index is -0.560. The van der Waals surface area contributed by atoms with Gasteiger partial charge in [-0.3, -0.25) is 9.59 Å². The molecule has 0 spiro atoms. The van der Waals surface area contributed by atoms with E-state index in [1.165, 1.54) is 23.9 Å². The summed E-state index contributed by atoms with van der Waals surface area (Å²) in [6, 6.07) is 13.0. The molecule has 0 saturated carbocycles. The topological polar surface area (TPSA) is 78.6 Å². The Hall–Kier alpha value is -2.54. The quantitative estimate of drug-likeness (QED) is 0.547. The number of benzene rings is 2. The summed E-state index contributed by atoms with van der Waals surface area (Å²) in [7, 11) is 0. The van der Waals surface area contributed by atoms with E-state index in [1.54, 1.807) is 36.4 Å². The fraction of sp³-hybridized carbons (Fsp3) is 0.222. The number of esters is 1. The average molecular weight is 363 g/mol. The zero-order chi connectivity index (χ0) is 18.1. The first-order valence-electron chi connectivity index (χ1n) is 7.57. The molecule has 0 heterocycles. The number of hydrogen-bond acceptors (Lipinski definition) is 5. The second-order valence-electron chi connectivity index (χ2n) is 5.12. The van der Waals surface area contributed by atoms with Gasteiger partial charge in [-0.05, 0) is 42.0 Å². The molecule has 0 aliphatic rings. The highest BCUT2D eigenvalue weighted by atomic mass is 32.2. The van der Waals surface area contributed by atoms with E-state index in [0.717, 1.165) is 10.5 Å². The lowest BCUT2D eigenvalue weighted by Gasteiger charge is -2.08. The summed E-state index contributed by atoms with van der Waals surface area (Å²) >= 11 is 1.46. The van der Waals surface area contributed by atoms with Gasteiger partial charge in [0.05, 0.1) is 6.42 Å². The number of carbonyl (C=O) groups is 2. The smallest absolute Gasteiger partial charge is 0.306 e. The third kappa shape index (κ3) is 7.26. The Labute approximate surface area is 149 Å². The summed E-state index contributed by atoms with van der Waals surface area (Å²) in [6.45, 7) is -0.0856. The molecule has 0 aliphatic carbocycles. The van der Waals surface area contributed by atoms with Crippen molar-refractivity contribution >= 4 is 23.6 Å². The van der Waals surface area contributed by atoms with Crippen LogP contribution < -0.4 is 10.5 Å². The van der Waals surface area contributed by atoms with Crippen LogP contribution in [0.25, 0.3) is 0 Å². The molecular weight excluding hydrogens is 345 g/mol. The van der Waals surface area contributed by atoms with E-state index in [4.69, 9.17) is 15.2 Å². The number of thioether (sulfide) groups is 1. The number of amides is 1. The van der Waals surface area contributed by atoms with Gasteiger partial charge < -0.3 is 15.2 Å². The summed E-state index contributed by atoms with van der Waals surface area (Å²) in [5.41, 5.74) is 5.77. The summed E-state index contributed by atoms with van der Waals surface area (Å²) < 4.78 is 23.2. The molecule has 0 bridgehead atoms.